The van der Waals surface area contributed by atoms with Gasteiger partial charge in [-0.1, -0.05) is 92.6 Å². The SMILES string of the molecule is Cc1c2c(c(CC(C)(C)C)c3ccc(CC(C)(C)C)cc13)Oc1cc3cc(CC(C)(C)C)cc(C)c3c3cc[n+](C)c-2c13. The number of nitrogens with zero attached hydrogens (tertiary/aromatic N) is 1. The quantitative estimate of drug-likeness (QED) is 0.152. The van der Waals surface area contributed by atoms with Gasteiger partial charge in [-0.25, -0.2) is 4.57 Å². The molecule has 0 unspecified atom stereocenters. The van der Waals surface area contributed by atoms with Gasteiger partial charge in [0.1, 0.15) is 18.5 Å². The molecule has 0 amide bonds. The van der Waals surface area contributed by atoms with Crippen LogP contribution in [0.3, 0.4) is 0 Å². The fraction of sp³-hybridized carbons (Fsp3) is 0.439. The Hall–Kier alpha value is -3.39. The number of hydrogen-bond acceptors (Lipinski definition) is 1. The second-order valence-electron chi connectivity index (χ2n) is 17.0. The van der Waals surface area contributed by atoms with Crippen LogP contribution < -0.4 is 9.30 Å². The van der Waals surface area contributed by atoms with Crippen LogP contribution in [0.4, 0.5) is 0 Å². The van der Waals surface area contributed by atoms with E-state index in [4.69, 9.17) is 4.74 Å². The molecule has 0 saturated carbocycles. The molecule has 0 atom stereocenters. The highest BCUT2D eigenvalue weighted by atomic mass is 16.5. The van der Waals surface area contributed by atoms with E-state index in [0.29, 0.717) is 0 Å². The van der Waals surface area contributed by atoms with Crippen molar-refractivity contribution in [3.05, 3.63) is 76.5 Å². The van der Waals surface area contributed by atoms with Gasteiger partial charge in [-0.05, 0) is 99.2 Å². The van der Waals surface area contributed by atoms with Gasteiger partial charge in [-0.2, -0.15) is 0 Å². The number of benzene rings is 4. The third-order valence-electron chi connectivity index (χ3n) is 8.87. The lowest BCUT2D eigenvalue weighted by atomic mass is 9.80. The third kappa shape index (κ3) is 5.43. The second kappa shape index (κ2) is 9.81. The van der Waals surface area contributed by atoms with Gasteiger partial charge in [0.05, 0.1) is 10.9 Å². The molecular weight excluding hydrogens is 522 g/mol. The number of aromatic nitrogens is 1. The molecule has 2 heteroatoms. The zero-order valence-electron chi connectivity index (χ0n) is 28.6. The average Bonchev–Trinajstić information content (AvgIpc) is 2.85. The zero-order chi connectivity index (χ0) is 31.2. The molecule has 0 bridgehead atoms. The first-order valence-electron chi connectivity index (χ1n) is 16.1. The van der Waals surface area contributed by atoms with E-state index in [1.54, 1.807) is 0 Å². The van der Waals surface area contributed by atoms with Crippen LogP contribution in [0.15, 0.2) is 48.7 Å². The van der Waals surface area contributed by atoms with Crippen molar-refractivity contribution in [2.45, 2.75) is 95.4 Å². The van der Waals surface area contributed by atoms with Crippen molar-refractivity contribution in [2.24, 2.45) is 23.3 Å². The molecule has 2 heterocycles. The van der Waals surface area contributed by atoms with Crippen molar-refractivity contribution in [2.75, 3.05) is 0 Å². The number of fused-ring (bicyclic) bond motifs is 5. The van der Waals surface area contributed by atoms with Crippen molar-refractivity contribution in [3.8, 4) is 22.8 Å². The van der Waals surface area contributed by atoms with Gasteiger partial charge in [0.15, 0.2) is 6.20 Å². The molecule has 1 aromatic heterocycles. The van der Waals surface area contributed by atoms with Crippen LogP contribution in [0.2, 0.25) is 0 Å². The molecule has 1 aliphatic heterocycles. The van der Waals surface area contributed by atoms with E-state index in [1.807, 2.05) is 0 Å². The Morgan fingerprint density at radius 3 is 1.95 bits per heavy atom. The van der Waals surface area contributed by atoms with Crippen LogP contribution in [0.5, 0.6) is 11.5 Å². The lowest BCUT2D eigenvalue weighted by molar-refractivity contribution is -0.659. The molecule has 0 spiro atoms. The van der Waals surface area contributed by atoms with Gasteiger partial charge in [0, 0.05) is 17.0 Å². The van der Waals surface area contributed by atoms with Crippen LogP contribution in [-0.2, 0) is 26.3 Å². The molecule has 4 aromatic carbocycles. The van der Waals surface area contributed by atoms with E-state index in [2.05, 4.69) is 136 Å². The molecule has 6 rings (SSSR count). The summed E-state index contributed by atoms with van der Waals surface area (Å²) in [5, 5.41) is 7.80. The van der Waals surface area contributed by atoms with Gasteiger partial charge in [-0.15, -0.1) is 0 Å². The fourth-order valence-electron chi connectivity index (χ4n) is 7.47. The standard InChI is InChI=1S/C41H50NO/c1-24-17-27(22-40(6,7)8)18-28-20-33-36-30(34(24)28)15-16-42(12)37(36)35-25(2)31-19-26(21-39(3,4)5)13-14-29(31)32(38(35)43-33)23-41(9,10)11/h13-20H,21-23H2,1-12H3/q+1. The predicted molar refractivity (Wildman–Crippen MR) is 185 cm³/mol. The van der Waals surface area contributed by atoms with Crippen molar-refractivity contribution >= 4 is 32.3 Å². The average molecular weight is 573 g/mol. The van der Waals surface area contributed by atoms with Crippen molar-refractivity contribution in [1.29, 1.82) is 0 Å². The first-order valence-corrected chi connectivity index (χ1v) is 16.1. The topological polar surface area (TPSA) is 13.1 Å². The summed E-state index contributed by atoms with van der Waals surface area (Å²) in [6, 6.07) is 16.6. The molecule has 0 radical (unpaired) electrons. The normalized spacial score (nSPS) is 13.6. The summed E-state index contributed by atoms with van der Waals surface area (Å²) in [7, 11) is 2.19. The Morgan fingerprint density at radius 1 is 0.651 bits per heavy atom. The maximum Gasteiger partial charge on any atom is 0.228 e. The minimum absolute atomic E-state index is 0.111. The Bertz CT molecular complexity index is 1940. The summed E-state index contributed by atoms with van der Waals surface area (Å²) in [5.41, 5.74) is 9.86. The third-order valence-corrected chi connectivity index (χ3v) is 8.87. The Balaban J connectivity index is 1.71. The van der Waals surface area contributed by atoms with Gasteiger partial charge in [0.2, 0.25) is 5.69 Å². The molecule has 224 valence electrons. The summed E-state index contributed by atoms with van der Waals surface area (Å²) in [6.07, 6.45) is 5.30. The highest BCUT2D eigenvalue weighted by molar-refractivity contribution is 6.17. The molecular formula is C41H50NO+. The van der Waals surface area contributed by atoms with Gasteiger partial charge < -0.3 is 4.74 Å². The number of hydrogen-bond donors (Lipinski definition) is 0. The van der Waals surface area contributed by atoms with Crippen molar-refractivity contribution in [1.82, 2.24) is 0 Å². The van der Waals surface area contributed by atoms with E-state index in [9.17, 15) is 0 Å². The van der Waals surface area contributed by atoms with Gasteiger partial charge in [-0.3, -0.25) is 0 Å². The molecule has 0 fully saturated rings. The number of ether oxygens (including phenoxy) is 1. The lowest BCUT2D eigenvalue weighted by Gasteiger charge is -2.29. The predicted octanol–water partition coefficient (Wildman–Crippen LogP) is 11.1. The van der Waals surface area contributed by atoms with E-state index in [-0.39, 0.29) is 16.2 Å². The second-order valence-corrected chi connectivity index (χ2v) is 17.0. The molecule has 0 N–H and O–H groups in total. The Morgan fingerprint density at radius 2 is 1.30 bits per heavy atom. The van der Waals surface area contributed by atoms with Crippen LogP contribution in [0, 0.1) is 30.1 Å². The van der Waals surface area contributed by atoms with E-state index in [1.165, 1.54) is 71.4 Å². The lowest BCUT2D eigenvalue weighted by Crippen LogP contribution is -2.32. The number of rotatable bonds is 3. The minimum atomic E-state index is 0.111. The van der Waals surface area contributed by atoms with Crippen LogP contribution in [-0.4, -0.2) is 0 Å². The maximum atomic E-state index is 7.16. The smallest absolute Gasteiger partial charge is 0.228 e. The molecule has 0 aliphatic carbocycles. The van der Waals surface area contributed by atoms with Crippen molar-refractivity contribution in [3.63, 3.8) is 0 Å². The number of pyridine rings is 1. The largest absolute Gasteiger partial charge is 0.455 e. The highest BCUT2D eigenvalue weighted by Crippen LogP contribution is 2.53. The summed E-state index contributed by atoms with van der Waals surface area (Å²) in [6.45, 7) is 25.5. The molecule has 43 heavy (non-hydrogen) atoms. The van der Waals surface area contributed by atoms with Gasteiger partial charge in [0.25, 0.3) is 0 Å². The van der Waals surface area contributed by atoms with Crippen LogP contribution >= 0.6 is 0 Å². The first-order chi connectivity index (χ1) is 19.9. The van der Waals surface area contributed by atoms with E-state index >= 15 is 0 Å². The Labute approximate surface area is 259 Å². The van der Waals surface area contributed by atoms with E-state index < -0.39 is 0 Å². The zero-order valence-corrected chi connectivity index (χ0v) is 28.6. The summed E-state index contributed by atoms with van der Waals surface area (Å²) < 4.78 is 9.48. The van der Waals surface area contributed by atoms with Gasteiger partial charge >= 0.3 is 0 Å². The highest BCUT2D eigenvalue weighted by Gasteiger charge is 2.35. The molecule has 0 saturated heterocycles. The monoisotopic (exact) mass is 572 g/mol. The maximum absolute atomic E-state index is 7.16. The summed E-state index contributed by atoms with van der Waals surface area (Å²) in [5.74, 6) is 2.02. The first kappa shape index (κ1) is 29.7. The molecule has 1 aliphatic rings. The fourth-order valence-corrected chi connectivity index (χ4v) is 7.47. The van der Waals surface area contributed by atoms with Crippen LogP contribution in [0.1, 0.15) is 90.1 Å². The van der Waals surface area contributed by atoms with Crippen molar-refractivity contribution < 1.29 is 9.30 Å². The molecule has 5 aromatic rings. The Kier molecular flexibility index (Phi) is 6.77. The number of aryl methyl sites for hydroxylation is 3. The van der Waals surface area contributed by atoms with E-state index in [0.717, 1.165) is 30.8 Å². The molecule has 2 nitrogen and oxygen atoms in total. The summed E-state index contributed by atoms with van der Waals surface area (Å²) >= 11 is 0. The van der Waals surface area contributed by atoms with Crippen LogP contribution in [0.25, 0.3) is 43.6 Å². The summed E-state index contributed by atoms with van der Waals surface area (Å²) in [4.78, 5) is 0. The minimum Gasteiger partial charge on any atom is -0.455 e.